The Hall–Kier alpha value is -1.46. The molecule has 0 spiro atoms. The topological polar surface area (TPSA) is 45.1 Å². The fourth-order valence-corrected chi connectivity index (χ4v) is 2.81. The lowest BCUT2D eigenvalue weighted by molar-refractivity contribution is 0.259. The highest BCUT2D eigenvalue weighted by Gasteiger charge is 2.12. The number of benzene rings is 1. The zero-order valence-corrected chi connectivity index (χ0v) is 12.5. The Labute approximate surface area is 122 Å². The van der Waals surface area contributed by atoms with Crippen molar-refractivity contribution in [3.05, 3.63) is 35.5 Å². The van der Waals surface area contributed by atoms with E-state index in [1.807, 2.05) is 5.38 Å². The maximum absolute atomic E-state index is 12.9. The Balaban J connectivity index is 2.06. The molecule has 0 fully saturated rings. The number of hydrogen-bond donors (Lipinski definition) is 2. The van der Waals surface area contributed by atoms with Gasteiger partial charge in [-0.05, 0) is 36.6 Å². The number of nitrogens with one attached hydrogen (secondary N) is 1. The third-order valence-corrected chi connectivity index (χ3v) is 3.72. The van der Waals surface area contributed by atoms with Gasteiger partial charge >= 0.3 is 0 Å². The fourth-order valence-electron chi connectivity index (χ4n) is 2.02. The molecule has 1 unspecified atom stereocenters. The van der Waals surface area contributed by atoms with Gasteiger partial charge < -0.3 is 10.4 Å². The van der Waals surface area contributed by atoms with Crippen LogP contribution in [0.5, 0.6) is 0 Å². The molecule has 1 heterocycles. The van der Waals surface area contributed by atoms with E-state index in [1.54, 1.807) is 12.1 Å². The van der Waals surface area contributed by atoms with Crippen LogP contribution < -0.4 is 5.32 Å². The van der Waals surface area contributed by atoms with E-state index in [9.17, 15) is 9.50 Å². The summed E-state index contributed by atoms with van der Waals surface area (Å²) in [6.07, 6.45) is 0.891. The highest BCUT2D eigenvalue weighted by Crippen LogP contribution is 2.26. The molecule has 0 radical (unpaired) electrons. The highest BCUT2D eigenvalue weighted by molar-refractivity contribution is 7.14. The predicted octanol–water partition coefficient (Wildman–Crippen LogP) is 3.77. The van der Waals surface area contributed by atoms with Gasteiger partial charge in [-0.2, -0.15) is 0 Å². The number of rotatable bonds is 6. The Kier molecular flexibility index (Phi) is 5.09. The number of nitrogens with zero attached hydrogens (tertiary/aromatic N) is 1. The van der Waals surface area contributed by atoms with Crippen LogP contribution in [0.3, 0.4) is 0 Å². The normalized spacial score (nSPS) is 12.7. The molecule has 2 N–H and O–H groups in total. The lowest BCUT2D eigenvalue weighted by Crippen LogP contribution is -2.25. The van der Waals surface area contributed by atoms with E-state index < -0.39 is 0 Å². The molecule has 1 aromatic carbocycles. The van der Waals surface area contributed by atoms with Crippen LogP contribution in [0, 0.1) is 11.7 Å². The molecule has 2 rings (SSSR count). The zero-order chi connectivity index (χ0) is 14.5. The molecule has 0 saturated carbocycles. The van der Waals surface area contributed by atoms with Gasteiger partial charge in [0.25, 0.3) is 0 Å². The van der Waals surface area contributed by atoms with Crippen LogP contribution in [0.4, 0.5) is 9.52 Å². The van der Waals surface area contributed by atoms with Gasteiger partial charge in [-0.15, -0.1) is 11.3 Å². The molecule has 0 aliphatic carbocycles. The lowest BCUT2D eigenvalue weighted by atomic mass is 10.0. The molecule has 5 heteroatoms. The number of hydrogen-bond acceptors (Lipinski definition) is 4. The minimum Gasteiger partial charge on any atom is -0.394 e. The Morgan fingerprint density at radius 3 is 2.60 bits per heavy atom. The van der Waals surface area contributed by atoms with E-state index in [4.69, 9.17) is 0 Å². The molecule has 0 saturated heterocycles. The van der Waals surface area contributed by atoms with E-state index in [1.165, 1.54) is 23.5 Å². The number of aromatic nitrogens is 1. The highest BCUT2D eigenvalue weighted by atomic mass is 32.1. The summed E-state index contributed by atoms with van der Waals surface area (Å²) < 4.78 is 12.9. The van der Waals surface area contributed by atoms with Crippen molar-refractivity contribution in [1.82, 2.24) is 4.98 Å². The van der Waals surface area contributed by atoms with Crippen molar-refractivity contribution < 1.29 is 9.50 Å². The first-order valence-corrected chi connectivity index (χ1v) is 7.55. The summed E-state index contributed by atoms with van der Waals surface area (Å²) in [5, 5.41) is 15.3. The van der Waals surface area contributed by atoms with Gasteiger partial charge in [0.1, 0.15) is 5.82 Å². The van der Waals surface area contributed by atoms with Crippen LogP contribution >= 0.6 is 11.3 Å². The maximum atomic E-state index is 12.9. The molecule has 1 atom stereocenters. The third kappa shape index (κ3) is 4.02. The summed E-state index contributed by atoms with van der Waals surface area (Å²) in [5.41, 5.74) is 1.71. The average molecular weight is 294 g/mol. The monoisotopic (exact) mass is 294 g/mol. The van der Waals surface area contributed by atoms with Crippen molar-refractivity contribution in [1.29, 1.82) is 0 Å². The summed E-state index contributed by atoms with van der Waals surface area (Å²) in [4.78, 5) is 4.48. The molecule has 1 aromatic heterocycles. The van der Waals surface area contributed by atoms with E-state index in [2.05, 4.69) is 24.1 Å². The zero-order valence-electron chi connectivity index (χ0n) is 11.6. The van der Waals surface area contributed by atoms with E-state index in [0.717, 1.165) is 22.8 Å². The van der Waals surface area contributed by atoms with E-state index in [0.29, 0.717) is 5.92 Å². The van der Waals surface area contributed by atoms with Crippen molar-refractivity contribution in [3.8, 4) is 11.3 Å². The summed E-state index contributed by atoms with van der Waals surface area (Å²) >= 11 is 1.49. The summed E-state index contributed by atoms with van der Waals surface area (Å²) in [5.74, 6) is 0.260. The molecular formula is C15H19FN2OS. The Morgan fingerprint density at radius 2 is 2.00 bits per heavy atom. The molecule has 0 aliphatic rings. The standard InChI is InChI=1S/C15H19FN2OS/c1-10(2)7-13(8-19)17-15-18-14(9-20-15)11-3-5-12(16)6-4-11/h3-6,9-10,13,19H,7-8H2,1-2H3,(H,17,18). The number of aliphatic hydroxyl groups is 1. The quantitative estimate of drug-likeness (QED) is 0.852. The Morgan fingerprint density at radius 1 is 1.30 bits per heavy atom. The van der Waals surface area contributed by atoms with Crippen molar-refractivity contribution in [2.75, 3.05) is 11.9 Å². The maximum Gasteiger partial charge on any atom is 0.183 e. The first-order valence-electron chi connectivity index (χ1n) is 6.67. The van der Waals surface area contributed by atoms with Gasteiger partial charge in [0.2, 0.25) is 0 Å². The summed E-state index contributed by atoms with van der Waals surface area (Å²) in [6, 6.07) is 6.30. The lowest BCUT2D eigenvalue weighted by Gasteiger charge is -2.17. The minimum absolute atomic E-state index is 0.0159. The second-order valence-corrected chi connectivity index (χ2v) is 6.06. The molecule has 0 amide bonds. The number of aliphatic hydroxyl groups excluding tert-OH is 1. The average Bonchev–Trinajstić information content (AvgIpc) is 2.87. The van der Waals surface area contributed by atoms with Gasteiger partial charge in [0.05, 0.1) is 18.3 Å². The second-order valence-electron chi connectivity index (χ2n) is 5.20. The summed E-state index contributed by atoms with van der Waals surface area (Å²) in [7, 11) is 0. The number of thiazole rings is 1. The first kappa shape index (κ1) is 14.9. The SMILES string of the molecule is CC(C)CC(CO)Nc1nc(-c2ccc(F)cc2)cs1. The van der Waals surface area contributed by atoms with Gasteiger partial charge in [-0.3, -0.25) is 0 Å². The van der Waals surface area contributed by atoms with Crippen molar-refractivity contribution in [2.45, 2.75) is 26.3 Å². The third-order valence-electron chi connectivity index (χ3n) is 2.95. The molecule has 2 aromatic rings. The van der Waals surface area contributed by atoms with Gasteiger partial charge in [0, 0.05) is 10.9 Å². The largest absolute Gasteiger partial charge is 0.394 e. The van der Waals surface area contributed by atoms with Crippen molar-refractivity contribution >= 4 is 16.5 Å². The van der Waals surface area contributed by atoms with E-state index >= 15 is 0 Å². The Bertz CT molecular complexity index is 539. The fraction of sp³-hybridized carbons (Fsp3) is 0.400. The van der Waals surface area contributed by atoms with Crippen LogP contribution in [-0.2, 0) is 0 Å². The molecular weight excluding hydrogens is 275 g/mol. The first-order chi connectivity index (χ1) is 9.58. The molecule has 0 aliphatic heterocycles. The van der Waals surface area contributed by atoms with Gasteiger partial charge in [-0.1, -0.05) is 13.8 Å². The van der Waals surface area contributed by atoms with Crippen LogP contribution in [-0.4, -0.2) is 22.7 Å². The molecule has 3 nitrogen and oxygen atoms in total. The smallest absolute Gasteiger partial charge is 0.183 e. The van der Waals surface area contributed by atoms with Gasteiger partial charge in [-0.25, -0.2) is 9.37 Å². The minimum atomic E-state index is -0.250. The van der Waals surface area contributed by atoms with Crippen molar-refractivity contribution in [2.24, 2.45) is 5.92 Å². The molecule has 20 heavy (non-hydrogen) atoms. The number of halogens is 1. The number of anilines is 1. The van der Waals surface area contributed by atoms with Crippen LogP contribution in [0.25, 0.3) is 11.3 Å². The van der Waals surface area contributed by atoms with Crippen molar-refractivity contribution in [3.63, 3.8) is 0 Å². The van der Waals surface area contributed by atoms with Crippen LogP contribution in [0.1, 0.15) is 20.3 Å². The van der Waals surface area contributed by atoms with Crippen LogP contribution in [0.15, 0.2) is 29.6 Å². The van der Waals surface area contributed by atoms with Gasteiger partial charge in [0.15, 0.2) is 5.13 Å². The molecule has 108 valence electrons. The van der Waals surface area contributed by atoms with E-state index in [-0.39, 0.29) is 18.5 Å². The second kappa shape index (κ2) is 6.81. The van der Waals surface area contributed by atoms with Crippen LogP contribution in [0.2, 0.25) is 0 Å². The molecule has 0 bridgehead atoms. The summed E-state index contributed by atoms with van der Waals surface area (Å²) in [6.45, 7) is 4.33. The predicted molar refractivity (Wildman–Crippen MR) is 81.5 cm³/mol.